The fourth-order valence-electron chi connectivity index (χ4n) is 2.63. The van der Waals surface area contributed by atoms with Crippen LogP contribution in [0, 0.1) is 6.92 Å². The van der Waals surface area contributed by atoms with Crippen LogP contribution in [0.2, 0.25) is 10.0 Å². The van der Waals surface area contributed by atoms with Crippen molar-refractivity contribution in [3.63, 3.8) is 0 Å². The number of hydrogen-bond acceptors (Lipinski definition) is 2. The van der Waals surface area contributed by atoms with Gasteiger partial charge in [0.05, 0.1) is 11.6 Å². The molecule has 144 valence electrons. The van der Waals surface area contributed by atoms with Crippen molar-refractivity contribution in [3.8, 4) is 5.75 Å². The first kappa shape index (κ1) is 20.7. The Labute approximate surface area is 183 Å². The van der Waals surface area contributed by atoms with E-state index < -0.39 is 0 Å². The molecule has 3 aromatic carbocycles. The molecule has 1 amide bonds. The van der Waals surface area contributed by atoms with Crippen LogP contribution in [0.3, 0.4) is 0 Å². The predicted molar refractivity (Wildman–Crippen MR) is 118 cm³/mol. The number of benzene rings is 3. The average Bonchev–Trinajstić information content (AvgIpc) is 2.67. The standard InChI is InChI=1S/C22H18BrCl2NO2/c1-15-2-9-19(10-3-15)26(13-16-4-6-17(23)7-5-16)22(27)14-28-21-11-8-18(24)12-20(21)25/h2-12H,13-14H2,1H3. The number of ether oxygens (including phenoxy) is 1. The first-order valence-corrected chi connectivity index (χ1v) is 10.2. The predicted octanol–water partition coefficient (Wildman–Crippen LogP) is 6.68. The molecule has 0 saturated heterocycles. The van der Waals surface area contributed by atoms with Gasteiger partial charge in [-0.25, -0.2) is 0 Å². The second kappa shape index (κ2) is 9.46. The Morgan fingerprint density at radius 3 is 2.32 bits per heavy atom. The molecule has 3 rings (SSSR count). The first-order chi connectivity index (χ1) is 13.4. The van der Waals surface area contributed by atoms with Crippen molar-refractivity contribution in [1.82, 2.24) is 0 Å². The van der Waals surface area contributed by atoms with Crippen LogP contribution in [-0.2, 0) is 11.3 Å². The van der Waals surface area contributed by atoms with Gasteiger partial charge in [-0.15, -0.1) is 0 Å². The largest absolute Gasteiger partial charge is 0.482 e. The number of hydrogen-bond donors (Lipinski definition) is 0. The van der Waals surface area contributed by atoms with Crippen LogP contribution in [0.15, 0.2) is 71.2 Å². The maximum Gasteiger partial charge on any atom is 0.265 e. The molecule has 0 unspecified atom stereocenters. The number of amides is 1. The van der Waals surface area contributed by atoms with Gasteiger partial charge in [0.2, 0.25) is 0 Å². The van der Waals surface area contributed by atoms with Crippen LogP contribution < -0.4 is 9.64 Å². The second-order valence-corrected chi connectivity index (χ2v) is 8.06. The van der Waals surface area contributed by atoms with Crippen LogP contribution in [0.5, 0.6) is 5.75 Å². The highest BCUT2D eigenvalue weighted by Gasteiger charge is 2.18. The van der Waals surface area contributed by atoms with Crippen LogP contribution in [0.25, 0.3) is 0 Å². The quantitative estimate of drug-likeness (QED) is 0.395. The number of carbonyl (C=O) groups is 1. The zero-order chi connectivity index (χ0) is 20.1. The van der Waals surface area contributed by atoms with Gasteiger partial charge in [0.15, 0.2) is 6.61 Å². The lowest BCUT2D eigenvalue weighted by molar-refractivity contribution is -0.120. The molecule has 0 heterocycles. The Balaban J connectivity index is 1.79. The highest BCUT2D eigenvalue weighted by Crippen LogP contribution is 2.28. The van der Waals surface area contributed by atoms with Crippen molar-refractivity contribution < 1.29 is 9.53 Å². The Morgan fingerprint density at radius 1 is 1.00 bits per heavy atom. The molecule has 0 saturated carbocycles. The molecule has 0 atom stereocenters. The molecule has 3 aromatic rings. The Morgan fingerprint density at radius 2 is 1.68 bits per heavy atom. The fourth-order valence-corrected chi connectivity index (χ4v) is 3.36. The molecule has 0 fully saturated rings. The number of aryl methyl sites for hydroxylation is 1. The van der Waals surface area contributed by atoms with Gasteiger partial charge in [-0.3, -0.25) is 4.79 Å². The molecule has 0 aromatic heterocycles. The van der Waals surface area contributed by atoms with Gasteiger partial charge < -0.3 is 9.64 Å². The third-order valence-corrected chi connectivity index (χ3v) is 5.20. The van der Waals surface area contributed by atoms with Gasteiger partial charge in [-0.2, -0.15) is 0 Å². The topological polar surface area (TPSA) is 29.5 Å². The number of halogens is 3. The van der Waals surface area contributed by atoms with Gasteiger partial charge in [0.1, 0.15) is 5.75 Å². The van der Waals surface area contributed by atoms with E-state index in [0.29, 0.717) is 22.3 Å². The summed E-state index contributed by atoms with van der Waals surface area (Å²) in [7, 11) is 0. The molecule has 0 radical (unpaired) electrons. The lowest BCUT2D eigenvalue weighted by atomic mass is 10.1. The number of rotatable bonds is 6. The van der Waals surface area contributed by atoms with Crippen LogP contribution in [0.1, 0.15) is 11.1 Å². The molecule has 0 N–H and O–H groups in total. The monoisotopic (exact) mass is 477 g/mol. The normalized spacial score (nSPS) is 10.6. The smallest absolute Gasteiger partial charge is 0.265 e. The minimum atomic E-state index is -0.169. The summed E-state index contributed by atoms with van der Waals surface area (Å²) < 4.78 is 6.64. The summed E-state index contributed by atoms with van der Waals surface area (Å²) in [6.45, 7) is 2.31. The van der Waals surface area contributed by atoms with Gasteiger partial charge in [-0.05, 0) is 55.0 Å². The van der Waals surface area contributed by atoms with E-state index in [4.69, 9.17) is 27.9 Å². The van der Waals surface area contributed by atoms with E-state index in [1.165, 1.54) is 0 Å². The number of anilines is 1. The zero-order valence-electron chi connectivity index (χ0n) is 15.2. The summed E-state index contributed by atoms with van der Waals surface area (Å²) >= 11 is 15.5. The van der Waals surface area contributed by atoms with Crippen LogP contribution in [0.4, 0.5) is 5.69 Å². The average molecular weight is 479 g/mol. The van der Waals surface area contributed by atoms with Crippen LogP contribution in [-0.4, -0.2) is 12.5 Å². The zero-order valence-corrected chi connectivity index (χ0v) is 18.3. The van der Waals surface area contributed by atoms with Crippen molar-refractivity contribution in [2.24, 2.45) is 0 Å². The third-order valence-electron chi connectivity index (χ3n) is 4.15. The summed E-state index contributed by atoms with van der Waals surface area (Å²) in [4.78, 5) is 14.7. The molecule has 0 spiro atoms. The lowest BCUT2D eigenvalue weighted by Crippen LogP contribution is -2.34. The Kier molecular flexibility index (Phi) is 7.00. The fraction of sp³-hybridized carbons (Fsp3) is 0.136. The minimum absolute atomic E-state index is 0.133. The summed E-state index contributed by atoms with van der Waals surface area (Å²) in [6.07, 6.45) is 0. The Hall–Kier alpha value is -2.01. The highest BCUT2D eigenvalue weighted by atomic mass is 79.9. The van der Waals surface area contributed by atoms with Crippen molar-refractivity contribution in [1.29, 1.82) is 0 Å². The summed E-state index contributed by atoms with van der Waals surface area (Å²) in [5.74, 6) is 0.254. The second-order valence-electron chi connectivity index (χ2n) is 6.31. The molecule has 0 aliphatic rings. The SMILES string of the molecule is Cc1ccc(N(Cc2ccc(Br)cc2)C(=O)COc2ccc(Cl)cc2Cl)cc1. The van der Waals surface area contributed by atoms with Crippen molar-refractivity contribution in [2.45, 2.75) is 13.5 Å². The summed E-state index contributed by atoms with van der Waals surface area (Å²) in [6, 6.07) is 20.6. The van der Waals surface area contributed by atoms with Crippen LogP contribution >= 0.6 is 39.1 Å². The van der Waals surface area contributed by atoms with E-state index in [0.717, 1.165) is 21.3 Å². The van der Waals surface area contributed by atoms with Gasteiger partial charge >= 0.3 is 0 Å². The molecule has 6 heteroatoms. The maximum atomic E-state index is 13.0. The van der Waals surface area contributed by atoms with Crippen molar-refractivity contribution >= 4 is 50.7 Å². The molecular formula is C22H18BrCl2NO2. The van der Waals surface area contributed by atoms with Gasteiger partial charge in [0, 0.05) is 15.2 Å². The van der Waals surface area contributed by atoms with Gasteiger partial charge in [0.25, 0.3) is 5.91 Å². The molecule has 28 heavy (non-hydrogen) atoms. The van der Waals surface area contributed by atoms with Gasteiger partial charge in [-0.1, -0.05) is 69.0 Å². The van der Waals surface area contributed by atoms with E-state index in [2.05, 4.69) is 15.9 Å². The highest BCUT2D eigenvalue weighted by molar-refractivity contribution is 9.10. The first-order valence-electron chi connectivity index (χ1n) is 8.62. The van der Waals surface area contributed by atoms with E-state index >= 15 is 0 Å². The number of carbonyl (C=O) groups excluding carboxylic acids is 1. The molecular weight excluding hydrogens is 461 g/mol. The molecule has 3 nitrogen and oxygen atoms in total. The molecule has 0 aliphatic carbocycles. The Bertz CT molecular complexity index is 959. The third kappa shape index (κ3) is 5.51. The van der Waals surface area contributed by atoms with Crippen molar-refractivity contribution in [3.05, 3.63) is 92.4 Å². The minimum Gasteiger partial charge on any atom is -0.482 e. The summed E-state index contributed by atoms with van der Waals surface area (Å²) in [5, 5.41) is 0.885. The van der Waals surface area contributed by atoms with E-state index in [1.807, 2.05) is 55.5 Å². The van der Waals surface area contributed by atoms with Crippen molar-refractivity contribution in [2.75, 3.05) is 11.5 Å². The van der Waals surface area contributed by atoms with E-state index in [1.54, 1.807) is 23.1 Å². The lowest BCUT2D eigenvalue weighted by Gasteiger charge is -2.23. The number of nitrogens with zero attached hydrogens (tertiary/aromatic N) is 1. The molecule has 0 aliphatic heterocycles. The molecule has 0 bridgehead atoms. The maximum absolute atomic E-state index is 13.0. The summed E-state index contributed by atoms with van der Waals surface area (Å²) in [5.41, 5.74) is 2.95. The van der Waals surface area contributed by atoms with E-state index in [-0.39, 0.29) is 12.5 Å². The van der Waals surface area contributed by atoms with E-state index in [9.17, 15) is 4.79 Å².